The number of aryl methyl sites for hydroxylation is 1. The Morgan fingerprint density at radius 3 is 2.13 bits per heavy atom. The van der Waals surface area contributed by atoms with Gasteiger partial charge in [0.1, 0.15) is 25.8 Å². The number of imide groups is 1. The number of thioether (sulfide) groups is 1. The fraction of sp³-hybridized carbons (Fsp3) is 0.578. The van der Waals surface area contributed by atoms with E-state index in [9.17, 15) is 61.8 Å². The molecule has 7 amide bonds. The van der Waals surface area contributed by atoms with Crippen LogP contribution in [0.4, 0.5) is 8.78 Å². The maximum atomic E-state index is 14.1. The fourth-order valence-corrected chi connectivity index (χ4v) is 13.3. The highest BCUT2D eigenvalue weighted by atomic mass is 127. The van der Waals surface area contributed by atoms with Gasteiger partial charge in [0.15, 0.2) is 0 Å². The fourth-order valence-electron chi connectivity index (χ4n) is 11.7. The number of rotatable bonds is 33. The van der Waals surface area contributed by atoms with E-state index >= 15 is 0 Å². The van der Waals surface area contributed by atoms with Crippen LogP contribution >= 0.6 is 34.4 Å². The number of carbonyl (C=O) groups excluding carboxylic acids is 9. The molecule has 0 bridgehead atoms. The van der Waals surface area contributed by atoms with Gasteiger partial charge in [0, 0.05) is 118 Å². The number of piperidine rings is 1. The minimum absolute atomic E-state index is 0.0111. The molecule has 0 radical (unpaired) electrons. The summed E-state index contributed by atoms with van der Waals surface area (Å²) in [5.74, 6) is -3.82. The van der Waals surface area contributed by atoms with Crippen LogP contribution in [-0.4, -0.2) is 258 Å². The number of likely N-dealkylation sites (tertiary alicyclic amines) is 3. The lowest BCUT2D eigenvalue weighted by Crippen LogP contribution is -2.50. The number of nitrogens with one attached hydrogen (secondary N) is 3. The Morgan fingerprint density at radius 1 is 0.806 bits per heavy atom. The third-order valence-corrected chi connectivity index (χ3v) is 19.0. The molecule has 29 heteroatoms. The molecule has 25 nitrogen and oxygen atoms in total. The third-order valence-electron chi connectivity index (χ3n) is 16.9. The standard InChI is InChI=1S/C64H84F2IN11O14S/c1-2-50-35-64(65,66)41-78(50)59(84)36-70-62(88)52-17-21-68-54-16-15-51(33-53(52)54)92-32-6-8-47-18-22-76(23-19-47)60(85)38-77-58(83)34-55(63(77)89)93-40-49(9-3-4-20-69-56(81)10-5-7-46-11-13-48(67)14-12-46)71-57(82)37-72-24-25-73(39-61(86)87)27-29-75(43-91-45-80)31-30-74(28-26-72)42-90-44-79/h1,11-17,21,33,44-45,47,49-50,55H,3-10,18-20,22-32,34-43H2,(H,69,81)(H,70,88)(H,71,82)(H,86,87)/t49-,50-,55?/m0/s1. The molecule has 1 unspecified atom stereocenters. The summed E-state index contributed by atoms with van der Waals surface area (Å²) in [6, 6.07) is 13.3. The zero-order chi connectivity index (χ0) is 66.7. The van der Waals surface area contributed by atoms with Crippen LogP contribution in [0.1, 0.15) is 86.6 Å². The number of terminal acetylenes is 1. The van der Waals surface area contributed by atoms with Crippen molar-refractivity contribution < 1.29 is 76.0 Å². The van der Waals surface area contributed by atoms with Crippen molar-refractivity contribution in [2.75, 3.05) is 131 Å². The summed E-state index contributed by atoms with van der Waals surface area (Å²) in [5.41, 5.74) is 1.88. The number of ether oxygens (including phenoxy) is 3. The number of aromatic nitrogens is 1. The maximum Gasteiger partial charge on any atom is 0.317 e. The van der Waals surface area contributed by atoms with Gasteiger partial charge in [-0.15, -0.1) is 18.2 Å². The SMILES string of the molecule is C#C[C@H]1CC(F)(F)CN1C(=O)CNC(=O)c1ccnc2ccc(OCCCC3CCN(C(=O)CN4C(=O)CC(SC[C@H](CCCCNC(=O)CCCc5ccc(I)cc5)NC(=O)CN5CCN(COC=O)CCN(COC=O)CCN(CC(=O)O)CC5)C4=O)CC3)cc12. The predicted octanol–water partition coefficient (Wildman–Crippen LogP) is 3.06. The lowest BCUT2D eigenvalue weighted by Gasteiger charge is -2.33. The first kappa shape index (κ1) is 73.3. The Balaban J connectivity index is 0.876. The van der Waals surface area contributed by atoms with Crippen molar-refractivity contribution >= 4 is 106 Å². The lowest BCUT2D eigenvalue weighted by molar-refractivity contribution is -0.146. The monoisotopic (exact) mass is 1430 g/mol. The van der Waals surface area contributed by atoms with Crippen molar-refractivity contribution in [3.05, 3.63) is 69.4 Å². The van der Waals surface area contributed by atoms with Gasteiger partial charge in [-0.1, -0.05) is 18.1 Å². The molecule has 4 saturated heterocycles. The van der Waals surface area contributed by atoms with E-state index in [2.05, 4.69) is 61.6 Å². The highest BCUT2D eigenvalue weighted by molar-refractivity contribution is 14.1. The molecule has 4 N–H and O–H groups in total. The molecule has 4 fully saturated rings. The van der Waals surface area contributed by atoms with Crippen molar-refractivity contribution in [3.63, 3.8) is 0 Å². The van der Waals surface area contributed by atoms with E-state index in [0.29, 0.717) is 160 Å². The van der Waals surface area contributed by atoms with Crippen LogP contribution in [0.5, 0.6) is 5.75 Å². The molecule has 7 rings (SSSR count). The van der Waals surface area contributed by atoms with Crippen LogP contribution in [0.25, 0.3) is 10.9 Å². The van der Waals surface area contributed by atoms with Crippen molar-refractivity contribution in [1.82, 2.24) is 55.2 Å². The van der Waals surface area contributed by atoms with Crippen molar-refractivity contribution in [3.8, 4) is 18.1 Å². The quantitative estimate of drug-likeness (QED) is 0.0224. The first-order valence-corrected chi connectivity index (χ1v) is 33.6. The number of hydrogen-bond acceptors (Lipinski definition) is 19. The second-order valence-corrected chi connectivity index (χ2v) is 26.2. The highest BCUT2D eigenvalue weighted by Gasteiger charge is 2.46. The second kappa shape index (κ2) is 37.7. The summed E-state index contributed by atoms with van der Waals surface area (Å²) in [5, 5.41) is 18.1. The predicted molar refractivity (Wildman–Crippen MR) is 348 cm³/mol. The van der Waals surface area contributed by atoms with Crippen LogP contribution in [-0.2, 0) is 59.0 Å². The number of alkyl halides is 2. The number of benzene rings is 2. The molecular weight excluding hydrogens is 1340 g/mol. The topological polar surface area (TPSA) is 290 Å². The number of nitrogens with zero attached hydrogens (tertiary/aromatic N) is 8. The molecule has 2 aromatic carbocycles. The van der Waals surface area contributed by atoms with E-state index in [1.165, 1.54) is 24.0 Å². The molecule has 93 heavy (non-hydrogen) atoms. The maximum absolute atomic E-state index is 14.1. The molecular formula is C64H84F2IN11O14S. The van der Waals surface area contributed by atoms with Crippen LogP contribution < -0.4 is 20.7 Å². The number of amides is 7. The summed E-state index contributed by atoms with van der Waals surface area (Å²) < 4.78 is 45.3. The summed E-state index contributed by atoms with van der Waals surface area (Å²) >= 11 is 3.50. The molecule has 0 saturated carbocycles. The van der Waals surface area contributed by atoms with Gasteiger partial charge in [0.05, 0.1) is 55.2 Å². The van der Waals surface area contributed by atoms with E-state index in [0.717, 1.165) is 31.8 Å². The molecule has 0 aliphatic carbocycles. The zero-order valence-electron chi connectivity index (χ0n) is 52.2. The average Bonchev–Trinajstić information content (AvgIpc) is 1.82. The number of halogens is 3. The van der Waals surface area contributed by atoms with Gasteiger partial charge < -0.3 is 45.1 Å². The Labute approximate surface area is 558 Å². The first-order chi connectivity index (χ1) is 44.8. The zero-order valence-corrected chi connectivity index (χ0v) is 55.2. The summed E-state index contributed by atoms with van der Waals surface area (Å²) in [4.78, 5) is 143. The molecule has 3 atom stereocenters. The normalized spacial score (nSPS) is 19.2. The van der Waals surface area contributed by atoms with Gasteiger partial charge in [0.25, 0.3) is 24.8 Å². The number of carboxylic acids is 1. The summed E-state index contributed by atoms with van der Waals surface area (Å²) in [6.45, 7) is 3.11. The van der Waals surface area contributed by atoms with E-state index in [-0.39, 0.29) is 74.5 Å². The molecule has 1 aromatic heterocycles. The number of carbonyl (C=O) groups is 10. The van der Waals surface area contributed by atoms with E-state index in [4.69, 9.17) is 20.6 Å². The summed E-state index contributed by atoms with van der Waals surface area (Å²) in [7, 11) is 0. The Kier molecular flexibility index (Phi) is 29.7. The Hall–Kier alpha value is -7.11. The first-order valence-electron chi connectivity index (χ1n) is 31.5. The van der Waals surface area contributed by atoms with Gasteiger partial charge in [-0.05, 0) is 128 Å². The van der Waals surface area contributed by atoms with Gasteiger partial charge in [0.2, 0.25) is 35.4 Å². The number of pyridine rings is 1. The lowest BCUT2D eigenvalue weighted by atomic mass is 9.92. The summed E-state index contributed by atoms with van der Waals surface area (Å²) in [6.07, 6.45) is 12.6. The second-order valence-electron chi connectivity index (χ2n) is 23.7. The van der Waals surface area contributed by atoms with Crippen LogP contribution in [0.3, 0.4) is 0 Å². The number of fused-ring (bicyclic) bond motifs is 1. The molecule has 4 aliphatic heterocycles. The van der Waals surface area contributed by atoms with Crippen LogP contribution in [0.2, 0.25) is 0 Å². The van der Waals surface area contributed by atoms with Gasteiger partial charge >= 0.3 is 5.97 Å². The third kappa shape index (κ3) is 24.3. The Morgan fingerprint density at radius 2 is 1.47 bits per heavy atom. The number of hydrogen-bond donors (Lipinski definition) is 4. The largest absolute Gasteiger partial charge is 0.494 e. The highest BCUT2D eigenvalue weighted by Crippen LogP contribution is 2.32. The van der Waals surface area contributed by atoms with E-state index in [1.807, 2.05) is 26.8 Å². The molecule has 4 aliphatic rings. The number of unbranched alkanes of at least 4 members (excludes halogenated alkanes) is 1. The van der Waals surface area contributed by atoms with Crippen molar-refractivity contribution in [1.29, 1.82) is 0 Å². The van der Waals surface area contributed by atoms with Gasteiger partial charge in [-0.3, -0.25) is 77.4 Å². The number of aliphatic carboxylic acids is 1. The Bertz CT molecular complexity index is 3090. The average molecular weight is 1430 g/mol. The number of carboxylic acid groups (broad SMARTS) is 1. The molecule has 3 aromatic rings. The smallest absolute Gasteiger partial charge is 0.317 e. The van der Waals surface area contributed by atoms with E-state index in [1.54, 1.807) is 28.0 Å². The van der Waals surface area contributed by atoms with E-state index < -0.39 is 72.4 Å². The van der Waals surface area contributed by atoms with Crippen molar-refractivity contribution in [2.24, 2.45) is 5.92 Å². The van der Waals surface area contributed by atoms with Gasteiger partial charge in [-0.2, -0.15) is 0 Å². The van der Waals surface area contributed by atoms with Gasteiger partial charge in [-0.25, -0.2) is 8.78 Å². The molecule has 506 valence electrons. The minimum atomic E-state index is -3.11. The van der Waals surface area contributed by atoms with Crippen molar-refractivity contribution in [2.45, 2.75) is 100 Å². The van der Waals surface area contributed by atoms with Crippen LogP contribution in [0, 0.1) is 21.8 Å². The van der Waals surface area contributed by atoms with Crippen LogP contribution in [0.15, 0.2) is 54.7 Å². The molecule has 0 spiro atoms. The minimum Gasteiger partial charge on any atom is -0.494 e. The molecule has 5 heterocycles.